The van der Waals surface area contributed by atoms with Crippen LogP contribution in [0.3, 0.4) is 0 Å². The van der Waals surface area contributed by atoms with Crippen molar-refractivity contribution in [3.05, 3.63) is 47.7 Å². The molecular weight excluding hydrogens is 216 g/mol. The molecule has 0 saturated carbocycles. The third kappa shape index (κ3) is 2.72. The Morgan fingerprint density at radius 2 is 2.06 bits per heavy atom. The molecule has 0 radical (unpaired) electrons. The van der Waals surface area contributed by atoms with Crippen LogP contribution in [0, 0.1) is 6.92 Å². The number of anilines is 1. The fourth-order valence-electron chi connectivity index (χ4n) is 1.49. The molecule has 2 aromatic rings. The van der Waals surface area contributed by atoms with Crippen molar-refractivity contribution in [1.29, 1.82) is 0 Å². The van der Waals surface area contributed by atoms with Crippen LogP contribution in [-0.2, 0) is 6.42 Å². The minimum absolute atomic E-state index is 0.258. The number of aryl methyl sites for hydroxylation is 2. The maximum atomic E-state index is 11.7. The third-order valence-electron chi connectivity index (χ3n) is 2.47. The van der Waals surface area contributed by atoms with E-state index >= 15 is 0 Å². The number of amides is 1. The monoisotopic (exact) mass is 230 g/mol. The smallest absolute Gasteiger partial charge is 0.277 e. The Bertz CT molecular complexity index is 514. The summed E-state index contributed by atoms with van der Waals surface area (Å²) in [6.07, 6.45) is 2.34. The minimum atomic E-state index is -0.258. The van der Waals surface area contributed by atoms with Crippen molar-refractivity contribution in [3.63, 3.8) is 0 Å². The van der Waals surface area contributed by atoms with Crippen LogP contribution in [0.1, 0.15) is 28.9 Å². The first-order valence-corrected chi connectivity index (χ1v) is 5.51. The summed E-state index contributed by atoms with van der Waals surface area (Å²) in [4.78, 5) is 15.7. The van der Waals surface area contributed by atoms with E-state index < -0.39 is 0 Å². The van der Waals surface area contributed by atoms with E-state index in [2.05, 4.69) is 17.2 Å². The van der Waals surface area contributed by atoms with Gasteiger partial charge >= 0.3 is 0 Å². The van der Waals surface area contributed by atoms with Gasteiger partial charge in [-0.3, -0.25) is 4.79 Å². The van der Waals surface area contributed by atoms with Gasteiger partial charge in [0.05, 0.1) is 0 Å². The lowest BCUT2D eigenvalue weighted by Gasteiger charge is -2.03. The lowest BCUT2D eigenvalue weighted by molar-refractivity contribution is 0.102. The molecule has 1 heterocycles. The summed E-state index contributed by atoms with van der Waals surface area (Å²) in [6, 6.07) is 7.74. The van der Waals surface area contributed by atoms with Crippen LogP contribution >= 0.6 is 0 Å². The first-order valence-electron chi connectivity index (χ1n) is 5.51. The highest BCUT2D eigenvalue weighted by atomic mass is 16.3. The van der Waals surface area contributed by atoms with Crippen LogP contribution in [-0.4, -0.2) is 10.9 Å². The van der Waals surface area contributed by atoms with E-state index in [4.69, 9.17) is 4.42 Å². The van der Waals surface area contributed by atoms with Gasteiger partial charge in [-0.25, -0.2) is 4.98 Å². The molecule has 0 aliphatic heterocycles. The van der Waals surface area contributed by atoms with E-state index in [0.29, 0.717) is 11.6 Å². The number of rotatable bonds is 3. The molecule has 1 aromatic carbocycles. The van der Waals surface area contributed by atoms with E-state index in [1.165, 1.54) is 11.8 Å². The quantitative estimate of drug-likeness (QED) is 0.882. The van der Waals surface area contributed by atoms with Crippen molar-refractivity contribution in [2.45, 2.75) is 20.3 Å². The van der Waals surface area contributed by atoms with E-state index in [1.807, 2.05) is 24.3 Å². The zero-order chi connectivity index (χ0) is 12.3. The molecule has 0 bridgehead atoms. The summed E-state index contributed by atoms with van der Waals surface area (Å²) < 4.78 is 4.99. The zero-order valence-corrected chi connectivity index (χ0v) is 9.86. The molecule has 1 aromatic heterocycles. The Morgan fingerprint density at radius 1 is 1.35 bits per heavy atom. The van der Waals surface area contributed by atoms with Gasteiger partial charge in [-0.2, -0.15) is 0 Å². The summed E-state index contributed by atoms with van der Waals surface area (Å²) in [5.41, 5.74) is 2.29. The molecule has 88 valence electrons. The third-order valence-corrected chi connectivity index (χ3v) is 2.47. The number of aromatic nitrogens is 1. The zero-order valence-electron chi connectivity index (χ0n) is 9.86. The van der Waals surface area contributed by atoms with Crippen LogP contribution in [0.15, 0.2) is 34.9 Å². The van der Waals surface area contributed by atoms with Crippen molar-refractivity contribution in [3.8, 4) is 0 Å². The standard InChI is InChI=1S/C13H14N2O2/c1-3-10-4-6-11(7-5-10)15-13(16)12-8-17-9(2)14-12/h4-8H,3H2,1-2H3,(H,15,16). The average molecular weight is 230 g/mol. The minimum Gasteiger partial charge on any atom is -0.448 e. The van der Waals surface area contributed by atoms with Crippen LogP contribution in [0.2, 0.25) is 0 Å². The predicted molar refractivity (Wildman–Crippen MR) is 65.0 cm³/mol. The van der Waals surface area contributed by atoms with Gasteiger partial charge in [0.15, 0.2) is 11.6 Å². The summed E-state index contributed by atoms with van der Waals surface area (Å²) in [7, 11) is 0. The Kier molecular flexibility index (Phi) is 3.23. The van der Waals surface area contributed by atoms with Crippen molar-refractivity contribution in [1.82, 2.24) is 4.98 Å². The van der Waals surface area contributed by atoms with Gasteiger partial charge in [0.25, 0.3) is 5.91 Å². The van der Waals surface area contributed by atoms with E-state index in [0.717, 1.165) is 12.1 Å². The number of nitrogens with one attached hydrogen (secondary N) is 1. The normalized spacial score (nSPS) is 10.2. The number of benzene rings is 1. The topological polar surface area (TPSA) is 55.1 Å². The van der Waals surface area contributed by atoms with Crippen LogP contribution < -0.4 is 5.32 Å². The summed E-state index contributed by atoms with van der Waals surface area (Å²) in [5.74, 6) is 0.225. The summed E-state index contributed by atoms with van der Waals surface area (Å²) >= 11 is 0. The summed E-state index contributed by atoms with van der Waals surface area (Å²) in [6.45, 7) is 3.79. The van der Waals surface area contributed by atoms with Crippen LogP contribution in [0.5, 0.6) is 0 Å². The van der Waals surface area contributed by atoms with Crippen LogP contribution in [0.25, 0.3) is 0 Å². The van der Waals surface area contributed by atoms with Gasteiger partial charge in [0.2, 0.25) is 0 Å². The molecule has 1 amide bonds. The van der Waals surface area contributed by atoms with Gasteiger partial charge < -0.3 is 9.73 Å². The summed E-state index contributed by atoms with van der Waals surface area (Å²) in [5, 5.41) is 2.76. The highest BCUT2D eigenvalue weighted by molar-refractivity contribution is 6.02. The van der Waals surface area contributed by atoms with E-state index in [1.54, 1.807) is 6.92 Å². The van der Waals surface area contributed by atoms with E-state index in [9.17, 15) is 4.79 Å². The maximum absolute atomic E-state index is 11.7. The van der Waals surface area contributed by atoms with Gasteiger partial charge in [-0.05, 0) is 24.1 Å². The van der Waals surface area contributed by atoms with Crippen molar-refractivity contribution >= 4 is 11.6 Å². The number of hydrogen-bond acceptors (Lipinski definition) is 3. The second kappa shape index (κ2) is 4.82. The van der Waals surface area contributed by atoms with Crippen LogP contribution in [0.4, 0.5) is 5.69 Å². The maximum Gasteiger partial charge on any atom is 0.277 e. The Hall–Kier alpha value is -2.10. The molecule has 0 aliphatic rings. The Balaban J connectivity index is 2.07. The molecule has 0 saturated heterocycles. The van der Waals surface area contributed by atoms with Crippen molar-refractivity contribution < 1.29 is 9.21 Å². The van der Waals surface area contributed by atoms with E-state index in [-0.39, 0.29) is 5.91 Å². The molecule has 4 heteroatoms. The Labute approximate surface area is 99.7 Å². The first-order chi connectivity index (χ1) is 8.19. The number of hydrogen-bond donors (Lipinski definition) is 1. The SMILES string of the molecule is CCc1ccc(NC(=O)c2coc(C)n2)cc1. The lowest BCUT2D eigenvalue weighted by atomic mass is 10.1. The number of carbonyl (C=O) groups is 1. The number of carbonyl (C=O) groups excluding carboxylic acids is 1. The Morgan fingerprint density at radius 3 is 2.59 bits per heavy atom. The molecule has 4 nitrogen and oxygen atoms in total. The second-order valence-corrected chi connectivity index (χ2v) is 3.76. The molecular formula is C13H14N2O2. The average Bonchev–Trinajstić information content (AvgIpc) is 2.77. The number of oxazole rings is 1. The molecule has 2 rings (SSSR count). The predicted octanol–water partition coefficient (Wildman–Crippen LogP) is 2.80. The fraction of sp³-hybridized carbons (Fsp3) is 0.231. The fourth-order valence-corrected chi connectivity index (χ4v) is 1.49. The highest BCUT2D eigenvalue weighted by Gasteiger charge is 2.10. The van der Waals surface area contributed by atoms with Gasteiger partial charge in [-0.1, -0.05) is 19.1 Å². The van der Waals surface area contributed by atoms with Gasteiger partial charge in [0, 0.05) is 12.6 Å². The molecule has 0 fully saturated rings. The lowest BCUT2D eigenvalue weighted by Crippen LogP contribution is -2.12. The van der Waals surface area contributed by atoms with Crippen molar-refractivity contribution in [2.24, 2.45) is 0 Å². The van der Waals surface area contributed by atoms with Gasteiger partial charge in [-0.15, -0.1) is 0 Å². The first kappa shape index (κ1) is 11.4. The van der Waals surface area contributed by atoms with Crippen molar-refractivity contribution in [2.75, 3.05) is 5.32 Å². The largest absolute Gasteiger partial charge is 0.448 e. The molecule has 0 spiro atoms. The molecule has 1 N–H and O–H groups in total. The molecule has 0 atom stereocenters. The molecule has 0 aliphatic carbocycles. The second-order valence-electron chi connectivity index (χ2n) is 3.76. The highest BCUT2D eigenvalue weighted by Crippen LogP contribution is 2.11. The molecule has 17 heavy (non-hydrogen) atoms. The molecule has 0 unspecified atom stereocenters. The number of nitrogens with zero attached hydrogens (tertiary/aromatic N) is 1. The van der Waals surface area contributed by atoms with Gasteiger partial charge in [0.1, 0.15) is 6.26 Å².